The molecule has 0 aliphatic rings. The first-order chi connectivity index (χ1) is 8.92. The summed E-state index contributed by atoms with van der Waals surface area (Å²) in [5, 5.41) is 10.1. The molecule has 5 nitrogen and oxygen atoms in total. The number of nitrogens with two attached hydrogens (primary N) is 1. The highest BCUT2D eigenvalue weighted by Gasteiger charge is 2.21. The van der Waals surface area contributed by atoms with Crippen molar-refractivity contribution in [1.29, 1.82) is 0 Å². The number of rotatable bonds is 5. The monoisotopic (exact) mass is 267 g/mol. The standard InChI is InChI=1S/C14H21NO4/c1-5-19-14(17)11(15)7-10-9(3)12(18-4)6-8(2)13(10)16/h6,11,16H,5,7,15H2,1-4H3. The van der Waals surface area contributed by atoms with Gasteiger partial charge in [0.1, 0.15) is 17.5 Å². The van der Waals surface area contributed by atoms with Crippen molar-refractivity contribution in [2.45, 2.75) is 33.2 Å². The van der Waals surface area contributed by atoms with E-state index in [1.54, 1.807) is 27.0 Å². The van der Waals surface area contributed by atoms with E-state index in [1.807, 2.05) is 6.92 Å². The molecule has 0 fully saturated rings. The van der Waals surface area contributed by atoms with E-state index < -0.39 is 12.0 Å². The van der Waals surface area contributed by atoms with Crippen LogP contribution in [0.1, 0.15) is 23.6 Å². The van der Waals surface area contributed by atoms with Crippen molar-refractivity contribution in [3.63, 3.8) is 0 Å². The van der Waals surface area contributed by atoms with E-state index in [4.69, 9.17) is 15.2 Å². The van der Waals surface area contributed by atoms with Crippen LogP contribution in [-0.4, -0.2) is 30.8 Å². The number of aryl methyl sites for hydroxylation is 1. The van der Waals surface area contributed by atoms with Crippen molar-refractivity contribution in [2.24, 2.45) is 5.73 Å². The molecule has 0 saturated heterocycles. The molecule has 1 aromatic carbocycles. The molecule has 1 unspecified atom stereocenters. The van der Waals surface area contributed by atoms with Crippen LogP contribution in [0.2, 0.25) is 0 Å². The van der Waals surface area contributed by atoms with Crippen LogP contribution in [0.3, 0.4) is 0 Å². The fourth-order valence-corrected chi connectivity index (χ4v) is 1.95. The van der Waals surface area contributed by atoms with Gasteiger partial charge in [-0.2, -0.15) is 0 Å². The Hall–Kier alpha value is -1.75. The molecule has 0 aromatic heterocycles. The molecule has 3 N–H and O–H groups in total. The fourth-order valence-electron chi connectivity index (χ4n) is 1.95. The summed E-state index contributed by atoms with van der Waals surface area (Å²) < 4.78 is 10.1. The van der Waals surface area contributed by atoms with Gasteiger partial charge in [0.25, 0.3) is 0 Å². The van der Waals surface area contributed by atoms with Gasteiger partial charge < -0.3 is 20.3 Å². The molecule has 0 aliphatic carbocycles. The summed E-state index contributed by atoms with van der Waals surface area (Å²) in [5.74, 6) is 0.348. The quantitative estimate of drug-likeness (QED) is 0.789. The van der Waals surface area contributed by atoms with Crippen LogP contribution in [0.4, 0.5) is 0 Å². The summed E-state index contributed by atoms with van der Waals surface area (Å²) in [4.78, 5) is 11.5. The van der Waals surface area contributed by atoms with Gasteiger partial charge >= 0.3 is 5.97 Å². The van der Waals surface area contributed by atoms with Crippen molar-refractivity contribution in [1.82, 2.24) is 0 Å². The molecule has 0 bridgehead atoms. The van der Waals surface area contributed by atoms with Gasteiger partial charge in [-0.25, -0.2) is 0 Å². The lowest BCUT2D eigenvalue weighted by atomic mass is 9.97. The van der Waals surface area contributed by atoms with Crippen LogP contribution in [-0.2, 0) is 16.0 Å². The van der Waals surface area contributed by atoms with E-state index in [0.717, 1.165) is 5.56 Å². The van der Waals surface area contributed by atoms with Crippen LogP contribution in [0.5, 0.6) is 11.5 Å². The molecule has 0 amide bonds. The van der Waals surface area contributed by atoms with Gasteiger partial charge in [0.15, 0.2) is 0 Å². The van der Waals surface area contributed by atoms with E-state index in [9.17, 15) is 9.90 Å². The summed E-state index contributed by atoms with van der Waals surface area (Å²) in [6.45, 7) is 5.61. The first kappa shape index (κ1) is 15.3. The molecule has 0 radical (unpaired) electrons. The third kappa shape index (κ3) is 3.38. The topological polar surface area (TPSA) is 81.8 Å². The highest BCUT2D eigenvalue weighted by atomic mass is 16.5. The van der Waals surface area contributed by atoms with Gasteiger partial charge in [-0.1, -0.05) is 0 Å². The Labute approximate surface area is 113 Å². The average Bonchev–Trinajstić information content (AvgIpc) is 2.38. The number of hydrogen-bond acceptors (Lipinski definition) is 5. The second kappa shape index (κ2) is 6.43. The highest BCUT2D eigenvalue weighted by Crippen LogP contribution is 2.33. The summed E-state index contributed by atoms with van der Waals surface area (Å²) in [7, 11) is 1.56. The van der Waals surface area contributed by atoms with Crippen LogP contribution < -0.4 is 10.5 Å². The number of ether oxygens (including phenoxy) is 2. The Morgan fingerprint density at radius 1 is 1.47 bits per heavy atom. The smallest absolute Gasteiger partial charge is 0.323 e. The molecule has 1 rings (SSSR count). The first-order valence-corrected chi connectivity index (χ1v) is 6.20. The van der Waals surface area contributed by atoms with Crippen molar-refractivity contribution < 1.29 is 19.4 Å². The van der Waals surface area contributed by atoms with Gasteiger partial charge in [0.2, 0.25) is 0 Å². The van der Waals surface area contributed by atoms with Crippen LogP contribution in [0.15, 0.2) is 6.07 Å². The van der Waals surface area contributed by atoms with Crippen molar-refractivity contribution >= 4 is 5.97 Å². The lowest BCUT2D eigenvalue weighted by Crippen LogP contribution is -2.34. The van der Waals surface area contributed by atoms with E-state index in [-0.39, 0.29) is 18.8 Å². The number of hydrogen-bond donors (Lipinski definition) is 2. The normalized spacial score (nSPS) is 12.1. The zero-order chi connectivity index (χ0) is 14.6. The predicted octanol–water partition coefficient (Wildman–Crippen LogP) is 1.45. The number of methoxy groups -OCH3 is 1. The Bertz CT molecular complexity index is 471. The van der Waals surface area contributed by atoms with Crippen molar-refractivity contribution in [2.75, 3.05) is 13.7 Å². The van der Waals surface area contributed by atoms with E-state index in [0.29, 0.717) is 16.9 Å². The fraction of sp³-hybridized carbons (Fsp3) is 0.500. The minimum Gasteiger partial charge on any atom is -0.507 e. The zero-order valence-corrected chi connectivity index (χ0v) is 11.8. The molecule has 1 aromatic rings. The maximum absolute atomic E-state index is 11.5. The summed E-state index contributed by atoms with van der Waals surface area (Å²) in [6, 6.07) is 0.959. The summed E-state index contributed by atoms with van der Waals surface area (Å²) in [6.07, 6.45) is 0.217. The third-order valence-electron chi connectivity index (χ3n) is 3.06. The van der Waals surface area contributed by atoms with Crippen molar-refractivity contribution in [3.05, 3.63) is 22.8 Å². The maximum atomic E-state index is 11.5. The second-order valence-corrected chi connectivity index (χ2v) is 4.41. The Morgan fingerprint density at radius 3 is 2.63 bits per heavy atom. The SMILES string of the molecule is CCOC(=O)C(N)Cc1c(C)c(OC)cc(C)c1O. The van der Waals surface area contributed by atoms with Gasteiger partial charge in [-0.15, -0.1) is 0 Å². The molecule has 1 atom stereocenters. The number of carbonyl (C=O) groups excluding carboxylic acids is 1. The summed E-state index contributed by atoms with van der Waals surface area (Å²) >= 11 is 0. The highest BCUT2D eigenvalue weighted by molar-refractivity contribution is 5.76. The molecular weight excluding hydrogens is 246 g/mol. The van der Waals surface area contributed by atoms with Crippen LogP contribution in [0, 0.1) is 13.8 Å². The second-order valence-electron chi connectivity index (χ2n) is 4.41. The first-order valence-electron chi connectivity index (χ1n) is 6.20. The number of esters is 1. The number of benzene rings is 1. The third-order valence-corrected chi connectivity index (χ3v) is 3.06. The predicted molar refractivity (Wildman–Crippen MR) is 72.4 cm³/mol. The Morgan fingerprint density at radius 2 is 2.11 bits per heavy atom. The van der Waals surface area contributed by atoms with E-state index in [1.165, 1.54) is 0 Å². The van der Waals surface area contributed by atoms with Gasteiger partial charge in [-0.05, 0) is 38.0 Å². The lowest BCUT2D eigenvalue weighted by Gasteiger charge is -2.17. The molecular formula is C14H21NO4. The van der Waals surface area contributed by atoms with E-state index in [2.05, 4.69) is 0 Å². The number of phenols is 1. The minimum absolute atomic E-state index is 0.151. The molecule has 0 heterocycles. The molecule has 5 heteroatoms. The molecule has 19 heavy (non-hydrogen) atoms. The number of carbonyl (C=O) groups is 1. The summed E-state index contributed by atoms with van der Waals surface area (Å²) in [5.41, 5.74) is 7.88. The largest absolute Gasteiger partial charge is 0.507 e. The number of phenolic OH excluding ortho intramolecular Hbond substituents is 1. The van der Waals surface area contributed by atoms with Gasteiger partial charge in [-0.3, -0.25) is 4.79 Å². The zero-order valence-electron chi connectivity index (χ0n) is 11.8. The molecule has 0 spiro atoms. The van der Waals surface area contributed by atoms with Crippen LogP contribution in [0.25, 0.3) is 0 Å². The number of aromatic hydroxyl groups is 1. The van der Waals surface area contributed by atoms with Gasteiger partial charge in [0.05, 0.1) is 13.7 Å². The van der Waals surface area contributed by atoms with E-state index >= 15 is 0 Å². The molecule has 0 aliphatic heterocycles. The van der Waals surface area contributed by atoms with Crippen molar-refractivity contribution in [3.8, 4) is 11.5 Å². The Balaban J connectivity index is 3.06. The Kier molecular flexibility index (Phi) is 5.18. The maximum Gasteiger partial charge on any atom is 0.323 e. The molecule has 106 valence electrons. The van der Waals surface area contributed by atoms with Gasteiger partial charge in [0, 0.05) is 12.0 Å². The molecule has 0 saturated carbocycles. The average molecular weight is 267 g/mol. The van der Waals surface area contributed by atoms with Crippen LogP contribution >= 0.6 is 0 Å². The lowest BCUT2D eigenvalue weighted by molar-refractivity contribution is -0.144. The minimum atomic E-state index is -0.795.